The fourth-order valence-corrected chi connectivity index (χ4v) is 6.38. The SMILES string of the molecule is Cc1cc(Oc2ccccc2)ccc1N1C(=O)Nc2c(C(=O)N[C@@H]3CCC[C@H]3NC(=O)CN)sc3nccc1c23. The van der Waals surface area contributed by atoms with Crippen LogP contribution in [0.3, 0.4) is 0 Å². The van der Waals surface area contributed by atoms with Gasteiger partial charge >= 0.3 is 6.03 Å². The third-order valence-electron chi connectivity index (χ3n) is 7.20. The van der Waals surface area contributed by atoms with Crippen LogP contribution in [0.1, 0.15) is 34.5 Å². The zero-order valence-corrected chi connectivity index (χ0v) is 22.6. The van der Waals surface area contributed by atoms with Gasteiger partial charge in [0.15, 0.2) is 0 Å². The van der Waals surface area contributed by atoms with Crippen LogP contribution in [0, 0.1) is 6.92 Å². The van der Waals surface area contributed by atoms with Crippen LogP contribution in [-0.4, -0.2) is 41.5 Å². The first kappa shape index (κ1) is 25.8. The van der Waals surface area contributed by atoms with E-state index >= 15 is 0 Å². The van der Waals surface area contributed by atoms with E-state index < -0.39 is 0 Å². The van der Waals surface area contributed by atoms with E-state index in [1.165, 1.54) is 11.3 Å². The highest BCUT2D eigenvalue weighted by atomic mass is 32.1. The van der Waals surface area contributed by atoms with Crippen molar-refractivity contribution in [2.75, 3.05) is 16.8 Å². The van der Waals surface area contributed by atoms with E-state index in [0.717, 1.165) is 30.6 Å². The molecule has 3 heterocycles. The topological polar surface area (TPSA) is 139 Å². The molecule has 2 aromatic carbocycles. The lowest BCUT2D eigenvalue weighted by Crippen LogP contribution is -2.49. The summed E-state index contributed by atoms with van der Waals surface area (Å²) in [5, 5.41) is 9.60. The van der Waals surface area contributed by atoms with Gasteiger partial charge in [-0.25, -0.2) is 9.78 Å². The van der Waals surface area contributed by atoms with Gasteiger partial charge in [0.1, 0.15) is 21.2 Å². The quantitative estimate of drug-likeness (QED) is 0.258. The lowest BCUT2D eigenvalue weighted by molar-refractivity contribution is -0.120. The predicted molar refractivity (Wildman–Crippen MR) is 155 cm³/mol. The van der Waals surface area contributed by atoms with Gasteiger partial charge in [0.2, 0.25) is 5.91 Å². The van der Waals surface area contributed by atoms with Gasteiger partial charge in [-0.1, -0.05) is 18.2 Å². The van der Waals surface area contributed by atoms with E-state index in [0.29, 0.717) is 37.9 Å². The number of aromatic nitrogens is 1. The Morgan fingerprint density at radius 3 is 2.60 bits per heavy atom. The molecule has 1 aliphatic heterocycles. The number of nitrogens with zero attached hydrogens (tertiary/aromatic N) is 2. The minimum Gasteiger partial charge on any atom is -0.457 e. The van der Waals surface area contributed by atoms with E-state index in [-0.39, 0.29) is 36.5 Å². The molecule has 0 bridgehead atoms. The number of nitrogens with two attached hydrogens (primary N) is 1. The van der Waals surface area contributed by atoms with Gasteiger partial charge < -0.3 is 26.4 Å². The molecule has 1 saturated carbocycles. The normalized spacial score (nSPS) is 17.9. The Morgan fingerprint density at radius 2 is 1.85 bits per heavy atom. The van der Waals surface area contributed by atoms with Crippen molar-refractivity contribution in [2.45, 2.75) is 38.3 Å². The Balaban J connectivity index is 1.30. The fourth-order valence-electron chi connectivity index (χ4n) is 5.36. The first-order valence-corrected chi connectivity index (χ1v) is 13.9. The second kappa shape index (κ2) is 10.6. The molecule has 2 aliphatic rings. The van der Waals surface area contributed by atoms with Crippen molar-refractivity contribution >= 4 is 56.5 Å². The number of ether oxygens (including phenoxy) is 1. The number of rotatable bonds is 7. The molecule has 0 unspecified atom stereocenters. The van der Waals surface area contributed by atoms with Crippen molar-refractivity contribution in [3.05, 3.63) is 71.2 Å². The summed E-state index contributed by atoms with van der Waals surface area (Å²) in [6.45, 7) is 1.82. The smallest absolute Gasteiger partial charge is 0.331 e. The molecule has 1 aliphatic carbocycles. The van der Waals surface area contributed by atoms with Crippen molar-refractivity contribution in [1.82, 2.24) is 15.6 Å². The molecule has 2 atom stereocenters. The Bertz CT molecular complexity index is 1620. The highest BCUT2D eigenvalue weighted by Gasteiger charge is 2.35. The summed E-state index contributed by atoms with van der Waals surface area (Å²) in [7, 11) is 0. The van der Waals surface area contributed by atoms with Crippen molar-refractivity contribution in [2.24, 2.45) is 5.73 Å². The minimum atomic E-state index is -0.374. The Hall–Kier alpha value is -4.48. The second-order valence-electron chi connectivity index (χ2n) is 9.83. The molecule has 4 amide bonds. The Labute approximate surface area is 234 Å². The maximum atomic E-state index is 13.5. The molecule has 10 nitrogen and oxygen atoms in total. The lowest BCUT2D eigenvalue weighted by atomic mass is 10.1. The van der Waals surface area contributed by atoms with E-state index in [2.05, 4.69) is 20.9 Å². The average molecular weight is 557 g/mol. The second-order valence-corrected chi connectivity index (χ2v) is 10.8. The van der Waals surface area contributed by atoms with E-state index in [1.807, 2.05) is 55.5 Å². The Kier molecular flexibility index (Phi) is 6.82. The van der Waals surface area contributed by atoms with Crippen LogP contribution in [0.25, 0.3) is 10.2 Å². The molecule has 1 fully saturated rings. The monoisotopic (exact) mass is 556 g/mol. The number of anilines is 3. The van der Waals surface area contributed by atoms with Crippen LogP contribution in [0.2, 0.25) is 0 Å². The van der Waals surface area contributed by atoms with Crippen LogP contribution < -0.4 is 31.3 Å². The van der Waals surface area contributed by atoms with Crippen molar-refractivity contribution in [1.29, 1.82) is 0 Å². The van der Waals surface area contributed by atoms with Crippen molar-refractivity contribution < 1.29 is 19.1 Å². The number of pyridine rings is 1. The largest absolute Gasteiger partial charge is 0.457 e. The molecule has 4 aromatic rings. The number of thiophene rings is 1. The standard InChI is InChI=1S/C29H28N6O4S/c1-16-14-18(39-17-6-3-2-4-7-17)10-11-21(16)35-22-12-13-31-28-24(22)25(34-29(35)38)26(40-28)27(37)33-20-9-5-8-19(20)32-23(36)15-30/h2-4,6-7,10-14,19-20H,5,8-9,15,30H2,1H3,(H,32,36)(H,33,37)(H,34,38)/t19-,20-/m1/s1. The van der Waals surface area contributed by atoms with Crippen LogP contribution in [0.5, 0.6) is 11.5 Å². The van der Waals surface area contributed by atoms with Crippen LogP contribution in [-0.2, 0) is 4.79 Å². The molecule has 2 aromatic heterocycles. The molecule has 40 heavy (non-hydrogen) atoms. The average Bonchev–Trinajstić information content (AvgIpc) is 3.55. The van der Waals surface area contributed by atoms with Crippen LogP contribution in [0.4, 0.5) is 21.9 Å². The highest BCUT2D eigenvalue weighted by molar-refractivity contribution is 7.21. The van der Waals surface area contributed by atoms with E-state index in [4.69, 9.17) is 10.5 Å². The number of nitrogens with one attached hydrogen (secondary N) is 3. The first-order valence-electron chi connectivity index (χ1n) is 13.1. The molecule has 0 saturated heterocycles. The number of carbonyl (C=O) groups excluding carboxylic acids is 3. The van der Waals surface area contributed by atoms with Gasteiger partial charge in [0.05, 0.1) is 29.0 Å². The highest BCUT2D eigenvalue weighted by Crippen LogP contribution is 2.46. The van der Waals surface area contributed by atoms with Gasteiger partial charge in [-0.15, -0.1) is 11.3 Å². The molecule has 0 spiro atoms. The summed E-state index contributed by atoms with van der Waals surface area (Å²) in [6.07, 6.45) is 4.03. The van der Waals surface area contributed by atoms with Crippen molar-refractivity contribution in [3.8, 4) is 11.5 Å². The van der Waals surface area contributed by atoms with Gasteiger partial charge in [0.25, 0.3) is 5.91 Å². The van der Waals surface area contributed by atoms with Gasteiger partial charge in [-0.05, 0) is 68.1 Å². The van der Waals surface area contributed by atoms with Gasteiger partial charge in [0, 0.05) is 18.3 Å². The minimum absolute atomic E-state index is 0.100. The number of para-hydroxylation sites is 1. The number of aryl methyl sites for hydroxylation is 1. The molecule has 6 rings (SSSR count). The molecule has 5 N–H and O–H groups in total. The number of hydrogen-bond donors (Lipinski definition) is 4. The number of amides is 4. The molecule has 11 heteroatoms. The maximum Gasteiger partial charge on any atom is 0.331 e. The van der Waals surface area contributed by atoms with E-state index in [1.54, 1.807) is 17.2 Å². The number of urea groups is 1. The van der Waals surface area contributed by atoms with Crippen LogP contribution >= 0.6 is 11.3 Å². The lowest BCUT2D eigenvalue weighted by Gasteiger charge is -2.29. The maximum absolute atomic E-state index is 13.5. The molecular formula is C29H28N6O4S. The fraction of sp³-hybridized carbons (Fsp3) is 0.241. The predicted octanol–water partition coefficient (Wildman–Crippen LogP) is 4.81. The van der Waals surface area contributed by atoms with Gasteiger partial charge in [-0.3, -0.25) is 14.5 Å². The number of benzene rings is 2. The summed E-state index contributed by atoms with van der Waals surface area (Å²) in [5.41, 5.74) is 8.08. The van der Waals surface area contributed by atoms with Crippen LogP contribution in [0.15, 0.2) is 60.8 Å². The van der Waals surface area contributed by atoms with Gasteiger partial charge in [-0.2, -0.15) is 0 Å². The van der Waals surface area contributed by atoms with E-state index in [9.17, 15) is 14.4 Å². The molecular weight excluding hydrogens is 528 g/mol. The Morgan fingerprint density at radius 1 is 1.07 bits per heavy atom. The third-order valence-corrected chi connectivity index (χ3v) is 8.30. The number of hydrogen-bond acceptors (Lipinski definition) is 7. The molecule has 0 radical (unpaired) electrons. The zero-order valence-electron chi connectivity index (χ0n) is 21.8. The summed E-state index contributed by atoms with van der Waals surface area (Å²) in [5.74, 6) is 0.822. The number of carbonyl (C=O) groups is 3. The summed E-state index contributed by atoms with van der Waals surface area (Å²) >= 11 is 1.23. The third kappa shape index (κ3) is 4.74. The molecule has 204 valence electrons. The summed E-state index contributed by atoms with van der Waals surface area (Å²) in [6, 6.07) is 16.1. The van der Waals surface area contributed by atoms with Crippen molar-refractivity contribution in [3.63, 3.8) is 0 Å². The first-order chi connectivity index (χ1) is 19.4. The summed E-state index contributed by atoms with van der Waals surface area (Å²) < 4.78 is 5.96. The zero-order chi connectivity index (χ0) is 27.8. The summed E-state index contributed by atoms with van der Waals surface area (Å²) in [4.78, 5) is 45.9.